The van der Waals surface area contributed by atoms with E-state index < -0.39 is 0 Å². The molecule has 130 valence electrons. The summed E-state index contributed by atoms with van der Waals surface area (Å²) in [7, 11) is 0. The van der Waals surface area contributed by atoms with Crippen molar-refractivity contribution in [1.82, 2.24) is 20.9 Å². The molecule has 0 radical (unpaired) electrons. The van der Waals surface area contributed by atoms with Crippen LogP contribution in [0.3, 0.4) is 0 Å². The molecule has 1 heterocycles. The number of nitrogens with one attached hydrogen (secondary N) is 3. The Balaban J connectivity index is 0.00000441. The van der Waals surface area contributed by atoms with Crippen molar-refractivity contribution >= 4 is 35.8 Å². The summed E-state index contributed by atoms with van der Waals surface area (Å²) in [5.41, 5.74) is 0. The zero-order chi connectivity index (χ0) is 15.5. The molecule has 0 bridgehead atoms. The standard InChI is InChI=1S/C15H31N5O.HI/c1-4-9-17-14(21)12-19-15(16-5-2)18-11-13-8-7-10-20(13)6-3;/h13H,4-12H2,1-3H3,(H,17,21)(H2,16,18,19);1H. The number of likely N-dealkylation sites (N-methyl/N-ethyl adjacent to an activating group) is 1. The number of carbonyl (C=O) groups is 1. The molecule has 0 saturated carbocycles. The van der Waals surface area contributed by atoms with Crippen LogP contribution in [0.25, 0.3) is 0 Å². The molecule has 1 amide bonds. The molecule has 3 N–H and O–H groups in total. The lowest BCUT2D eigenvalue weighted by Gasteiger charge is -2.23. The zero-order valence-corrected chi connectivity index (χ0v) is 16.5. The third-order valence-electron chi connectivity index (χ3n) is 3.71. The van der Waals surface area contributed by atoms with Gasteiger partial charge in [0, 0.05) is 25.7 Å². The molecule has 0 aromatic rings. The first-order chi connectivity index (χ1) is 10.2. The maximum Gasteiger partial charge on any atom is 0.241 e. The summed E-state index contributed by atoms with van der Waals surface area (Å²) in [6.07, 6.45) is 3.45. The van der Waals surface area contributed by atoms with Crippen LogP contribution in [0.15, 0.2) is 4.99 Å². The number of rotatable bonds is 8. The van der Waals surface area contributed by atoms with E-state index in [1.54, 1.807) is 0 Å². The van der Waals surface area contributed by atoms with Crippen molar-refractivity contribution in [2.24, 2.45) is 4.99 Å². The van der Waals surface area contributed by atoms with Crippen molar-refractivity contribution in [2.45, 2.75) is 46.1 Å². The minimum Gasteiger partial charge on any atom is -0.357 e. The first kappa shape index (κ1) is 21.4. The molecule has 6 nitrogen and oxygen atoms in total. The van der Waals surface area contributed by atoms with Gasteiger partial charge in [-0.05, 0) is 39.3 Å². The number of carbonyl (C=O) groups excluding carboxylic acids is 1. The first-order valence-electron chi connectivity index (χ1n) is 8.24. The van der Waals surface area contributed by atoms with Gasteiger partial charge in [-0.3, -0.25) is 9.69 Å². The normalized spacial score (nSPS) is 18.7. The number of aliphatic imine (C=N–C) groups is 1. The molecule has 0 spiro atoms. The van der Waals surface area contributed by atoms with Crippen LogP contribution >= 0.6 is 24.0 Å². The highest BCUT2D eigenvalue weighted by atomic mass is 127. The van der Waals surface area contributed by atoms with E-state index in [4.69, 9.17) is 0 Å². The summed E-state index contributed by atoms with van der Waals surface area (Å²) < 4.78 is 0. The smallest absolute Gasteiger partial charge is 0.241 e. The summed E-state index contributed by atoms with van der Waals surface area (Å²) in [6, 6.07) is 0.577. The third kappa shape index (κ3) is 8.17. The predicted octanol–water partition coefficient (Wildman–Crippen LogP) is 1.17. The average molecular weight is 425 g/mol. The van der Waals surface area contributed by atoms with E-state index in [0.717, 1.165) is 32.0 Å². The third-order valence-corrected chi connectivity index (χ3v) is 3.71. The molecule has 1 fully saturated rings. The zero-order valence-electron chi connectivity index (χ0n) is 14.2. The Morgan fingerprint density at radius 2 is 2.00 bits per heavy atom. The predicted molar refractivity (Wildman–Crippen MR) is 103 cm³/mol. The van der Waals surface area contributed by atoms with Crippen LogP contribution in [0.4, 0.5) is 0 Å². The first-order valence-corrected chi connectivity index (χ1v) is 8.24. The van der Waals surface area contributed by atoms with E-state index in [-0.39, 0.29) is 36.4 Å². The largest absolute Gasteiger partial charge is 0.357 e. The summed E-state index contributed by atoms with van der Waals surface area (Å²) in [6.45, 7) is 11.1. The van der Waals surface area contributed by atoms with Crippen molar-refractivity contribution in [2.75, 3.05) is 39.3 Å². The van der Waals surface area contributed by atoms with Crippen LogP contribution in [0.1, 0.15) is 40.0 Å². The minimum atomic E-state index is -0.0231. The van der Waals surface area contributed by atoms with E-state index in [1.165, 1.54) is 19.4 Å². The van der Waals surface area contributed by atoms with Crippen molar-refractivity contribution in [3.8, 4) is 0 Å². The fourth-order valence-electron chi connectivity index (χ4n) is 2.57. The molecular formula is C15H32IN5O. The number of nitrogens with zero attached hydrogens (tertiary/aromatic N) is 2. The van der Waals surface area contributed by atoms with Gasteiger partial charge < -0.3 is 16.0 Å². The number of hydrogen-bond donors (Lipinski definition) is 3. The highest BCUT2D eigenvalue weighted by Crippen LogP contribution is 2.15. The summed E-state index contributed by atoms with van der Waals surface area (Å²) in [5, 5.41) is 9.38. The maximum absolute atomic E-state index is 11.6. The second kappa shape index (κ2) is 12.9. The van der Waals surface area contributed by atoms with Gasteiger partial charge in [-0.2, -0.15) is 0 Å². The van der Waals surface area contributed by atoms with E-state index in [0.29, 0.717) is 12.6 Å². The molecule has 0 aromatic heterocycles. The Bertz CT molecular complexity index is 338. The SMILES string of the molecule is CCCNC(=O)CN=C(NCC)NCC1CCCN1CC.I. The van der Waals surface area contributed by atoms with Gasteiger partial charge in [0.1, 0.15) is 6.54 Å². The molecule has 7 heteroatoms. The van der Waals surface area contributed by atoms with Crippen molar-refractivity contribution < 1.29 is 4.79 Å². The Hall–Kier alpha value is -0.570. The van der Waals surface area contributed by atoms with E-state index in [1.807, 2.05) is 13.8 Å². The lowest BCUT2D eigenvalue weighted by Crippen LogP contribution is -2.45. The van der Waals surface area contributed by atoms with Gasteiger partial charge in [-0.15, -0.1) is 24.0 Å². The number of guanidine groups is 1. The Labute approximate surface area is 151 Å². The fraction of sp³-hybridized carbons (Fsp3) is 0.867. The van der Waals surface area contributed by atoms with Gasteiger partial charge in [0.05, 0.1) is 0 Å². The monoisotopic (exact) mass is 425 g/mol. The highest BCUT2D eigenvalue weighted by Gasteiger charge is 2.22. The van der Waals surface area contributed by atoms with Crippen molar-refractivity contribution in [3.05, 3.63) is 0 Å². The average Bonchev–Trinajstić information content (AvgIpc) is 2.95. The molecule has 1 rings (SSSR count). The van der Waals surface area contributed by atoms with E-state index in [2.05, 4.69) is 32.8 Å². The van der Waals surface area contributed by atoms with E-state index in [9.17, 15) is 4.79 Å². The molecule has 1 saturated heterocycles. The number of halogens is 1. The number of amides is 1. The van der Waals surface area contributed by atoms with Crippen LogP contribution in [-0.4, -0.2) is 62.1 Å². The second-order valence-corrected chi connectivity index (χ2v) is 5.35. The van der Waals surface area contributed by atoms with Gasteiger partial charge in [0.25, 0.3) is 0 Å². The highest BCUT2D eigenvalue weighted by molar-refractivity contribution is 14.0. The lowest BCUT2D eigenvalue weighted by atomic mass is 10.2. The number of hydrogen-bond acceptors (Lipinski definition) is 3. The molecule has 1 aliphatic rings. The van der Waals surface area contributed by atoms with Crippen LogP contribution in [0, 0.1) is 0 Å². The summed E-state index contributed by atoms with van der Waals surface area (Å²) in [5.74, 6) is 0.706. The van der Waals surface area contributed by atoms with Gasteiger partial charge in [0.2, 0.25) is 5.91 Å². The Kier molecular flexibility index (Phi) is 12.6. The lowest BCUT2D eigenvalue weighted by molar-refractivity contribution is -0.119. The van der Waals surface area contributed by atoms with Crippen LogP contribution in [0.2, 0.25) is 0 Å². The second-order valence-electron chi connectivity index (χ2n) is 5.35. The summed E-state index contributed by atoms with van der Waals surface area (Å²) in [4.78, 5) is 18.4. The van der Waals surface area contributed by atoms with Crippen molar-refractivity contribution in [1.29, 1.82) is 0 Å². The molecule has 1 unspecified atom stereocenters. The molecule has 22 heavy (non-hydrogen) atoms. The maximum atomic E-state index is 11.6. The number of likely N-dealkylation sites (tertiary alicyclic amines) is 1. The molecule has 1 aliphatic heterocycles. The fourth-order valence-corrected chi connectivity index (χ4v) is 2.57. The topological polar surface area (TPSA) is 68.8 Å². The quantitative estimate of drug-likeness (QED) is 0.310. The van der Waals surface area contributed by atoms with Gasteiger partial charge in [-0.1, -0.05) is 13.8 Å². The van der Waals surface area contributed by atoms with Crippen LogP contribution in [0.5, 0.6) is 0 Å². The molecule has 1 atom stereocenters. The molecular weight excluding hydrogens is 393 g/mol. The van der Waals surface area contributed by atoms with Crippen LogP contribution < -0.4 is 16.0 Å². The van der Waals surface area contributed by atoms with Crippen molar-refractivity contribution in [3.63, 3.8) is 0 Å². The summed E-state index contributed by atoms with van der Waals surface area (Å²) >= 11 is 0. The van der Waals surface area contributed by atoms with Crippen LogP contribution in [-0.2, 0) is 4.79 Å². The van der Waals surface area contributed by atoms with E-state index >= 15 is 0 Å². The van der Waals surface area contributed by atoms with Gasteiger partial charge in [0.15, 0.2) is 5.96 Å². The molecule has 0 aromatic carbocycles. The molecule has 0 aliphatic carbocycles. The van der Waals surface area contributed by atoms with Gasteiger partial charge >= 0.3 is 0 Å². The van der Waals surface area contributed by atoms with Gasteiger partial charge in [-0.25, -0.2) is 4.99 Å². The minimum absolute atomic E-state index is 0. The Morgan fingerprint density at radius 1 is 1.23 bits per heavy atom. The Morgan fingerprint density at radius 3 is 2.64 bits per heavy atom.